The average molecular weight is 503 g/mol. The van der Waals surface area contributed by atoms with Crippen molar-refractivity contribution in [2.24, 2.45) is 0 Å². The lowest BCUT2D eigenvalue weighted by atomic mass is 10.1. The molecule has 0 bridgehead atoms. The van der Waals surface area contributed by atoms with Gasteiger partial charge in [0.15, 0.2) is 18.5 Å². The van der Waals surface area contributed by atoms with Gasteiger partial charge in [0.05, 0.1) is 0 Å². The number of hydrogen-bond acceptors (Lipinski definition) is 11. The van der Waals surface area contributed by atoms with Crippen LogP contribution in [0.3, 0.4) is 0 Å². The van der Waals surface area contributed by atoms with Gasteiger partial charge in [0.2, 0.25) is 0 Å². The number of anilines is 1. The normalized spacial score (nSPS) is 31.2. The van der Waals surface area contributed by atoms with Crippen LogP contribution in [0.4, 0.5) is 14.6 Å². The first-order valence-corrected chi connectivity index (χ1v) is 11.8. The number of phosphoric acid groups is 3. The van der Waals surface area contributed by atoms with E-state index in [1.54, 1.807) is 0 Å². The van der Waals surface area contributed by atoms with Crippen LogP contribution < -0.4 is 11.4 Å². The summed E-state index contributed by atoms with van der Waals surface area (Å²) < 4.78 is 78.2. The molecule has 2 unspecified atom stereocenters. The standard InChI is InChI=1S/C9H14F2N3O13P3/c10-5-6(15)9(11,25-7(5)14-2-1-4(12)13-8(14)16)3-24-29(20,21)27-30(22,23)26-28(17,18)19/h1-2,5-7,15H,3H2,(H,20,21)(H,22,23)(H2,12,13,16)(H2,17,18,19)/t5-,6+,7-,9-/m1/s1. The van der Waals surface area contributed by atoms with E-state index >= 15 is 0 Å². The Bertz CT molecular complexity index is 1000. The summed E-state index contributed by atoms with van der Waals surface area (Å²) in [4.78, 5) is 50.1. The van der Waals surface area contributed by atoms with E-state index in [0.717, 1.165) is 12.3 Å². The molecule has 1 aliphatic heterocycles. The van der Waals surface area contributed by atoms with Gasteiger partial charge in [-0.1, -0.05) is 0 Å². The number of hydrogen-bond donors (Lipinski definition) is 6. The van der Waals surface area contributed by atoms with Gasteiger partial charge < -0.3 is 35.2 Å². The largest absolute Gasteiger partial charge is 0.490 e. The van der Waals surface area contributed by atoms with Crippen LogP contribution in [0.5, 0.6) is 0 Å². The molecule has 1 aliphatic rings. The van der Waals surface area contributed by atoms with E-state index in [9.17, 15) is 37.3 Å². The van der Waals surface area contributed by atoms with Gasteiger partial charge in [-0.25, -0.2) is 27.3 Å². The van der Waals surface area contributed by atoms with Crippen molar-refractivity contribution in [3.8, 4) is 0 Å². The highest BCUT2D eigenvalue weighted by atomic mass is 31.3. The minimum Gasteiger partial charge on any atom is -0.384 e. The SMILES string of the molecule is Nc1ccn([C@@H]2O[C@](F)(COP(=O)(O)OP(=O)(O)OP(=O)(O)O)[C@@H](O)[C@H]2F)c(=O)n1. The van der Waals surface area contributed by atoms with Crippen molar-refractivity contribution in [3.05, 3.63) is 22.7 Å². The topological polar surface area (TPSA) is 250 Å². The number of aliphatic hydroxyl groups excluding tert-OH is 1. The molecule has 6 atom stereocenters. The molecule has 0 aliphatic carbocycles. The van der Waals surface area contributed by atoms with Gasteiger partial charge >= 0.3 is 29.2 Å². The Balaban J connectivity index is 2.14. The minimum absolute atomic E-state index is 0.260. The van der Waals surface area contributed by atoms with E-state index in [1.807, 2.05) is 0 Å². The van der Waals surface area contributed by atoms with Crippen molar-refractivity contribution >= 4 is 29.3 Å². The number of aromatic nitrogens is 2. The third-order valence-electron chi connectivity index (χ3n) is 3.30. The summed E-state index contributed by atoms with van der Waals surface area (Å²) in [7, 11) is -17.3. The van der Waals surface area contributed by atoms with E-state index in [2.05, 4.69) is 22.9 Å². The molecule has 21 heteroatoms. The fraction of sp³-hybridized carbons (Fsp3) is 0.556. The van der Waals surface area contributed by atoms with Crippen molar-refractivity contribution < 1.29 is 65.0 Å². The van der Waals surface area contributed by atoms with Crippen LogP contribution in [0.15, 0.2) is 17.1 Å². The highest BCUT2D eigenvalue weighted by molar-refractivity contribution is 7.66. The summed E-state index contributed by atoms with van der Waals surface area (Å²) in [6, 6.07) is 1.02. The lowest BCUT2D eigenvalue weighted by Crippen LogP contribution is -2.41. The smallest absolute Gasteiger partial charge is 0.384 e. The maximum Gasteiger partial charge on any atom is 0.490 e. The Morgan fingerprint density at radius 3 is 2.37 bits per heavy atom. The molecule has 1 aromatic heterocycles. The van der Waals surface area contributed by atoms with Crippen molar-refractivity contribution in [2.75, 3.05) is 12.3 Å². The first-order valence-electron chi connectivity index (χ1n) is 7.27. The summed E-state index contributed by atoms with van der Waals surface area (Å²) in [6.07, 6.45) is -6.57. The monoisotopic (exact) mass is 503 g/mol. The van der Waals surface area contributed by atoms with Crippen LogP contribution in [0.2, 0.25) is 0 Å². The van der Waals surface area contributed by atoms with Crippen molar-refractivity contribution in [1.82, 2.24) is 9.55 Å². The molecule has 1 aromatic rings. The molecule has 0 aromatic carbocycles. The maximum atomic E-state index is 14.8. The average Bonchev–Trinajstić information content (AvgIpc) is 2.75. The summed E-state index contributed by atoms with van der Waals surface area (Å²) in [5, 5.41) is 9.72. The molecule has 0 saturated carbocycles. The third kappa shape index (κ3) is 6.20. The Kier molecular flexibility index (Phi) is 7.06. The van der Waals surface area contributed by atoms with Crippen molar-refractivity contribution in [2.45, 2.75) is 24.4 Å². The summed E-state index contributed by atoms with van der Waals surface area (Å²) in [6.45, 7) is -1.80. The van der Waals surface area contributed by atoms with Gasteiger partial charge in [0.25, 0.3) is 5.85 Å². The Morgan fingerprint density at radius 2 is 1.83 bits per heavy atom. The van der Waals surface area contributed by atoms with Crippen LogP contribution in [-0.4, -0.2) is 59.0 Å². The predicted octanol–water partition coefficient (Wildman–Crippen LogP) is -0.938. The van der Waals surface area contributed by atoms with Gasteiger partial charge in [-0.3, -0.25) is 9.09 Å². The zero-order valence-electron chi connectivity index (χ0n) is 14.2. The maximum absolute atomic E-state index is 14.8. The van der Waals surface area contributed by atoms with Crippen LogP contribution in [0.1, 0.15) is 6.23 Å². The zero-order chi connectivity index (χ0) is 23.1. The van der Waals surface area contributed by atoms with E-state index in [0.29, 0.717) is 4.57 Å². The molecular weight excluding hydrogens is 489 g/mol. The number of rotatable bonds is 8. The van der Waals surface area contributed by atoms with E-state index in [1.165, 1.54) is 0 Å². The Labute approximate surface area is 164 Å². The van der Waals surface area contributed by atoms with Gasteiger partial charge in [-0.2, -0.15) is 13.6 Å². The van der Waals surface area contributed by atoms with Crippen molar-refractivity contribution in [1.29, 1.82) is 0 Å². The second kappa shape index (κ2) is 8.43. The Hall–Kier alpha value is -1.13. The first kappa shape index (κ1) is 25.1. The molecule has 1 fully saturated rings. The quantitative estimate of drug-likeness (QED) is 0.234. The number of ether oxygens (including phenoxy) is 1. The minimum atomic E-state index is -5.88. The van der Waals surface area contributed by atoms with Crippen LogP contribution >= 0.6 is 23.5 Å². The fourth-order valence-electron chi connectivity index (χ4n) is 2.15. The molecule has 172 valence electrons. The molecule has 2 heterocycles. The third-order valence-corrected chi connectivity index (χ3v) is 7.08. The van der Waals surface area contributed by atoms with E-state index in [4.69, 9.17) is 20.4 Å². The number of aliphatic hydroxyl groups is 1. The molecule has 30 heavy (non-hydrogen) atoms. The van der Waals surface area contributed by atoms with Crippen LogP contribution in [0, 0.1) is 0 Å². The van der Waals surface area contributed by atoms with Gasteiger partial charge in [-0.15, -0.1) is 0 Å². The highest BCUT2D eigenvalue weighted by Gasteiger charge is 2.58. The number of nitrogen functional groups attached to an aromatic ring is 1. The second-order valence-corrected chi connectivity index (χ2v) is 10.0. The zero-order valence-corrected chi connectivity index (χ0v) is 16.8. The number of phosphoric ester groups is 1. The Morgan fingerprint density at radius 1 is 1.23 bits per heavy atom. The summed E-state index contributed by atoms with van der Waals surface area (Å²) in [5.74, 6) is -3.85. The molecule has 1 saturated heterocycles. The predicted molar refractivity (Wildman–Crippen MR) is 87.6 cm³/mol. The summed E-state index contributed by atoms with van der Waals surface area (Å²) in [5.41, 5.74) is 4.06. The number of nitrogens with two attached hydrogens (primary N) is 1. The molecule has 7 N–H and O–H groups in total. The number of alkyl halides is 2. The number of nitrogens with zero attached hydrogens (tertiary/aromatic N) is 2. The molecular formula is C9H14F2N3O13P3. The molecule has 16 nitrogen and oxygen atoms in total. The summed E-state index contributed by atoms with van der Waals surface area (Å²) >= 11 is 0. The van der Waals surface area contributed by atoms with E-state index < -0.39 is 60.1 Å². The molecule has 0 spiro atoms. The lowest BCUT2D eigenvalue weighted by molar-refractivity contribution is -0.204. The number of halogens is 2. The molecule has 0 radical (unpaired) electrons. The van der Waals surface area contributed by atoms with Gasteiger partial charge in [-0.05, 0) is 6.07 Å². The first-order chi connectivity index (χ1) is 13.4. The van der Waals surface area contributed by atoms with Crippen LogP contribution in [-0.2, 0) is 31.6 Å². The van der Waals surface area contributed by atoms with Crippen molar-refractivity contribution in [3.63, 3.8) is 0 Å². The van der Waals surface area contributed by atoms with Gasteiger partial charge in [0.1, 0.15) is 12.4 Å². The van der Waals surface area contributed by atoms with E-state index in [-0.39, 0.29) is 5.82 Å². The van der Waals surface area contributed by atoms with Crippen LogP contribution in [0.25, 0.3) is 0 Å². The van der Waals surface area contributed by atoms with Gasteiger partial charge in [0, 0.05) is 6.20 Å². The lowest BCUT2D eigenvalue weighted by Gasteiger charge is -2.24. The highest BCUT2D eigenvalue weighted by Crippen LogP contribution is 2.66. The second-order valence-electron chi connectivity index (χ2n) is 5.59. The molecule has 0 amide bonds. The fourth-order valence-corrected chi connectivity index (χ4v) is 5.18. The molecule has 2 rings (SSSR count).